The molecular weight excluding hydrogens is 697 g/mol. The Labute approximate surface area is 276 Å². The highest BCUT2D eigenvalue weighted by atomic mass is 127. The van der Waals surface area contributed by atoms with Crippen molar-refractivity contribution in [2.45, 2.75) is 51.2 Å². The van der Waals surface area contributed by atoms with Crippen molar-refractivity contribution in [3.8, 4) is 5.75 Å². The first kappa shape index (κ1) is 34.5. The summed E-state index contributed by atoms with van der Waals surface area (Å²) >= 11 is 2.37. The predicted molar refractivity (Wildman–Crippen MR) is 177 cm³/mol. The fourth-order valence-electron chi connectivity index (χ4n) is 4.92. The largest absolute Gasteiger partial charge is 0.495 e. The van der Waals surface area contributed by atoms with Crippen LogP contribution < -0.4 is 15.4 Å². The molecule has 2 aromatic carbocycles. The van der Waals surface area contributed by atoms with Crippen molar-refractivity contribution in [3.63, 3.8) is 0 Å². The Bertz CT molecular complexity index is 1390. The van der Waals surface area contributed by atoms with Gasteiger partial charge in [0.05, 0.1) is 6.61 Å². The topological polar surface area (TPSA) is 101 Å². The molecule has 242 valence electrons. The summed E-state index contributed by atoms with van der Waals surface area (Å²) in [5.74, 6) is -1.51. The molecule has 2 atom stereocenters. The van der Waals surface area contributed by atoms with Crippen molar-refractivity contribution in [1.29, 1.82) is 0 Å². The molecule has 1 heterocycles. The second kappa shape index (κ2) is 17.4. The Balaban J connectivity index is 1.24. The number of halogens is 3. The molecule has 4 rings (SSSR count). The van der Waals surface area contributed by atoms with E-state index >= 15 is 0 Å². The van der Waals surface area contributed by atoms with E-state index in [4.69, 9.17) is 14.2 Å². The minimum Gasteiger partial charge on any atom is -0.495 e. The van der Waals surface area contributed by atoms with Crippen molar-refractivity contribution in [2.75, 3.05) is 38.7 Å². The molecule has 2 amide bonds. The van der Waals surface area contributed by atoms with Crippen LogP contribution in [0.5, 0.6) is 5.75 Å². The first-order valence-corrected chi connectivity index (χ1v) is 16.0. The molecule has 1 aliphatic carbocycles. The number of carbonyl (C=O) groups is 2. The molecule has 9 nitrogen and oxygen atoms in total. The number of nitrogens with one attached hydrogen (secondary N) is 2. The molecule has 0 radical (unpaired) electrons. The van der Waals surface area contributed by atoms with Crippen LogP contribution in [-0.4, -0.2) is 66.2 Å². The van der Waals surface area contributed by atoms with E-state index in [1.54, 1.807) is 38.4 Å². The number of hydrogen-bond acceptors (Lipinski definition) is 7. The van der Waals surface area contributed by atoms with Gasteiger partial charge in [0.2, 0.25) is 0 Å². The number of rotatable bonds is 12. The zero-order valence-electron chi connectivity index (χ0n) is 25.4. The molecule has 2 aromatic rings. The van der Waals surface area contributed by atoms with Crippen molar-refractivity contribution < 1.29 is 32.6 Å². The minimum atomic E-state index is -0.929. The van der Waals surface area contributed by atoms with Gasteiger partial charge in [-0.2, -0.15) is 0 Å². The van der Waals surface area contributed by atoms with Crippen LogP contribution >= 0.6 is 22.9 Å². The normalized spacial score (nSPS) is 19.3. The Kier molecular flexibility index (Phi) is 13.3. The van der Waals surface area contributed by atoms with Crippen LogP contribution in [0.4, 0.5) is 14.5 Å². The van der Waals surface area contributed by atoms with E-state index < -0.39 is 23.7 Å². The minimum absolute atomic E-state index is 0.00821. The number of methoxy groups -OCH3 is 1. The van der Waals surface area contributed by atoms with Gasteiger partial charge in [0.25, 0.3) is 0 Å². The van der Waals surface area contributed by atoms with Gasteiger partial charge in [-0.25, -0.2) is 11.9 Å². The molecule has 2 aliphatic rings. The second-order valence-corrected chi connectivity index (χ2v) is 12.4. The average Bonchev–Trinajstić information content (AvgIpc) is 3.03. The summed E-state index contributed by atoms with van der Waals surface area (Å²) in [7, 11) is 1.69. The third kappa shape index (κ3) is 11.2. The van der Waals surface area contributed by atoms with Crippen LogP contribution in [0.3, 0.4) is 0 Å². The Morgan fingerprint density at radius 2 is 1.87 bits per heavy atom. The first-order valence-electron chi connectivity index (χ1n) is 15.0. The van der Waals surface area contributed by atoms with E-state index in [1.807, 2.05) is 6.08 Å². The van der Waals surface area contributed by atoms with Gasteiger partial charge in [0, 0.05) is 79.4 Å². The molecule has 2 N–H and O–H groups in total. The van der Waals surface area contributed by atoms with Crippen LogP contribution in [0.2, 0.25) is 0 Å². The van der Waals surface area contributed by atoms with Crippen molar-refractivity contribution in [1.82, 2.24) is 8.43 Å². The van der Waals surface area contributed by atoms with Crippen LogP contribution in [0.25, 0.3) is 0 Å². The van der Waals surface area contributed by atoms with Crippen LogP contribution in [0.1, 0.15) is 38.2 Å². The smallest absolute Gasteiger partial charge is 0.313 e. The summed E-state index contributed by atoms with van der Waals surface area (Å²) in [6.07, 6.45) is 8.90. The number of hydrogen-bond donors (Lipinski definition) is 2. The summed E-state index contributed by atoms with van der Waals surface area (Å²) in [6, 6.07) is 9.78. The number of aliphatic imine (C=N–C) groups is 1. The molecule has 1 fully saturated rings. The maximum atomic E-state index is 14.7. The van der Waals surface area contributed by atoms with Crippen molar-refractivity contribution >= 4 is 46.1 Å². The third-order valence-electron chi connectivity index (χ3n) is 7.54. The Hall–Kier alpha value is -3.36. The number of carbonyl (C=O) groups excluding carboxylic acids is 2. The van der Waals surface area contributed by atoms with Gasteiger partial charge in [-0.3, -0.25) is 14.6 Å². The number of ether oxygens (including phenoxy) is 3. The van der Waals surface area contributed by atoms with Crippen LogP contribution in [0, 0.1) is 17.6 Å². The highest BCUT2D eigenvalue weighted by Gasteiger charge is 2.24. The van der Waals surface area contributed by atoms with E-state index in [9.17, 15) is 18.4 Å². The molecule has 1 aliphatic heterocycles. The predicted octanol–water partition coefficient (Wildman–Crippen LogP) is 5.76. The molecule has 0 aromatic heterocycles. The lowest BCUT2D eigenvalue weighted by molar-refractivity contribution is -0.136. The summed E-state index contributed by atoms with van der Waals surface area (Å²) < 4.78 is 47.6. The van der Waals surface area contributed by atoms with Gasteiger partial charge < -0.3 is 24.8 Å². The number of amides is 2. The number of nitrogens with zero attached hydrogens (tertiary/aromatic N) is 2. The summed E-state index contributed by atoms with van der Waals surface area (Å²) in [5, 5.41) is 4.86. The quantitative estimate of drug-likeness (QED) is 0.164. The maximum Gasteiger partial charge on any atom is 0.313 e. The van der Waals surface area contributed by atoms with Crippen molar-refractivity contribution in [3.05, 3.63) is 83.8 Å². The fraction of sp³-hybridized carbons (Fsp3) is 0.424. The zero-order valence-corrected chi connectivity index (χ0v) is 27.6. The molecular formula is C33H39F2IN4O5. The lowest BCUT2D eigenvalue weighted by atomic mass is 9.98. The molecule has 12 heteroatoms. The van der Waals surface area contributed by atoms with Crippen LogP contribution in [0.15, 0.2) is 71.6 Å². The number of allylic oxidation sites excluding steroid dienone is 1. The lowest BCUT2D eigenvalue weighted by Gasteiger charge is -2.29. The second-order valence-electron chi connectivity index (χ2n) is 11.0. The molecule has 0 saturated carbocycles. The maximum absolute atomic E-state index is 14.7. The van der Waals surface area contributed by atoms with Gasteiger partial charge in [-0.1, -0.05) is 12.1 Å². The Morgan fingerprint density at radius 1 is 1.11 bits per heavy atom. The van der Waals surface area contributed by atoms with Crippen molar-refractivity contribution in [2.24, 2.45) is 10.9 Å². The van der Waals surface area contributed by atoms with Gasteiger partial charge in [0.1, 0.15) is 23.8 Å². The van der Waals surface area contributed by atoms with E-state index in [0.717, 1.165) is 61.9 Å². The molecule has 1 saturated heterocycles. The van der Waals surface area contributed by atoms with Gasteiger partial charge in [-0.05, 0) is 80.9 Å². The van der Waals surface area contributed by atoms with Gasteiger partial charge in [-0.15, -0.1) is 0 Å². The third-order valence-corrected chi connectivity index (χ3v) is 8.50. The van der Waals surface area contributed by atoms with E-state index in [2.05, 4.69) is 41.6 Å². The number of anilines is 1. The Morgan fingerprint density at radius 3 is 2.58 bits per heavy atom. The average molecular weight is 737 g/mol. The highest BCUT2D eigenvalue weighted by molar-refractivity contribution is 14.1. The van der Waals surface area contributed by atoms with E-state index in [1.165, 1.54) is 24.3 Å². The number of benzene rings is 2. The van der Waals surface area contributed by atoms with Crippen LogP contribution in [-0.2, 0) is 25.5 Å². The fourth-order valence-corrected chi connectivity index (χ4v) is 5.47. The van der Waals surface area contributed by atoms with E-state index in [-0.39, 0.29) is 29.9 Å². The molecule has 0 spiro atoms. The zero-order chi connectivity index (χ0) is 32.2. The lowest BCUT2D eigenvalue weighted by Crippen LogP contribution is -2.36. The molecule has 45 heavy (non-hydrogen) atoms. The summed E-state index contributed by atoms with van der Waals surface area (Å²) in [4.78, 5) is 28.9. The molecule has 0 bridgehead atoms. The number of piperidine rings is 1. The van der Waals surface area contributed by atoms with Gasteiger partial charge >= 0.3 is 11.8 Å². The highest BCUT2D eigenvalue weighted by Crippen LogP contribution is 2.26. The van der Waals surface area contributed by atoms with E-state index in [0.29, 0.717) is 18.9 Å². The summed E-state index contributed by atoms with van der Waals surface area (Å²) in [6.45, 7) is 4.77. The SMILES string of the molecule is COC1CC/C(=N\C=C/C(C)Oc2ccc(NC(=O)C(=O)NCCc3ccc(F)cc3)cc2F)C=C1OCC1CCN(I)CC1. The standard InChI is InChI=1S/C33H39F2IN4O5/c1-22(11-15-37-26-7-10-30(43-2)31(20-26)44-21-24-13-17-40(36)18-14-24)45-29-9-8-27(19-28(29)35)39-33(42)32(41)38-16-12-23-3-5-25(34)6-4-23/h3-6,8-9,11,15,19-20,22,24,30H,7,10,12-14,16-18,21H2,1-2H3,(H,38,41)(H,39,42)/b15-11-,37-26+. The van der Waals surface area contributed by atoms with Gasteiger partial charge in [0.15, 0.2) is 11.6 Å². The monoisotopic (exact) mass is 736 g/mol. The summed E-state index contributed by atoms with van der Waals surface area (Å²) in [5.41, 5.74) is 1.80. The first-order chi connectivity index (χ1) is 21.7. The molecule has 2 unspecified atom stereocenters.